The Bertz CT molecular complexity index is 455. The molecule has 2 aliphatic rings. The molecule has 3 atom stereocenters. The van der Waals surface area contributed by atoms with Gasteiger partial charge < -0.3 is 10.1 Å². The van der Waals surface area contributed by atoms with Crippen molar-refractivity contribution >= 4 is 0 Å². The molecule has 3 unspecified atom stereocenters. The van der Waals surface area contributed by atoms with E-state index in [2.05, 4.69) is 37.4 Å². The maximum absolute atomic E-state index is 6.14. The standard InChI is InChI=1S/C18H27NO/c1-3-19-16-6-4-5-14(10-16)11-17-12-15-9-13(2)7-8-18(15)20-17/h7-9,14,16-17,19H,3-6,10-12H2,1-2H3. The molecule has 0 saturated heterocycles. The summed E-state index contributed by atoms with van der Waals surface area (Å²) >= 11 is 0. The van der Waals surface area contributed by atoms with Crippen molar-refractivity contribution in [3.8, 4) is 5.75 Å². The van der Waals surface area contributed by atoms with Crippen LogP contribution in [0.15, 0.2) is 18.2 Å². The number of hydrogen-bond acceptors (Lipinski definition) is 2. The first-order chi connectivity index (χ1) is 9.74. The lowest BCUT2D eigenvalue weighted by molar-refractivity contribution is 0.164. The summed E-state index contributed by atoms with van der Waals surface area (Å²) in [6.07, 6.45) is 8.21. The third kappa shape index (κ3) is 3.17. The average Bonchev–Trinajstić information content (AvgIpc) is 2.81. The molecule has 1 aromatic carbocycles. The van der Waals surface area contributed by atoms with Gasteiger partial charge in [-0.15, -0.1) is 0 Å². The monoisotopic (exact) mass is 273 g/mol. The molecule has 20 heavy (non-hydrogen) atoms. The fourth-order valence-electron chi connectivity index (χ4n) is 3.93. The predicted octanol–water partition coefficient (Wildman–Crippen LogP) is 3.86. The van der Waals surface area contributed by atoms with Crippen molar-refractivity contribution in [1.29, 1.82) is 0 Å². The topological polar surface area (TPSA) is 21.3 Å². The summed E-state index contributed by atoms with van der Waals surface area (Å²) in [7, 11) is 0. The first kappa shape index (κ1) is 13.9. The molecule has 1 aromatic rings. The predicted molar refractivity (Wildman–Crippen MR) is 83.3 cm³/mol. The van der Waals surface area contributed by atoms with E-state index >= 15 is 0 Å². The van der Waals surface area contributed by atoms with Crippen molar-refractivity contribution < 1.29 is 4.74 Å². The van der Waals surface area contributed by atoms with Crippen LogP contribution < -0.4 is 10.1 Å². The quantitative estimate of drug-likeness (QED) is 0.899. The lowest BCUT2D eigenvalue weighted by Crippen LogP contribution is -2.35. The van der Waals surface area contributed by atoms with E-state index in [9.17, 15) is 0 Å². The first-order valence-electron chi connectivity index (χ1n) is 8.24. The molecule has 1 fully saturated rings. The smallest absolute Gasteiger partial charge is 0.123 e. The molecule has 2 heteroatoms. The van der Waals surface area contributed by atoms with Crippen LogP contribution in [0.5, 0.6) is 5.75 Å². The van der Waals surface area contributed by atoms with E-state index in [4.69, 9.17) is 4.74 Å². The Balaban J connectivity index is 1.55. The third-order valence-corrected chi connectivity index (χ3v) is 4.83. The number of benzene rings is 1. The molecular formula is C18H27NO. The van der Waals surface area contributed by atoms with Crippen LogP contribution in [0.2, 0.25) is 0 Å². The summed E-state index contributed by atoms with van der Waals surface area (Å²) in [6.45, 7) is 5.47. The molecule has 1 N–H and O–H groups in total. The average molecular weight is 273 g/mol. The van der Waals surface area contributed by atoms with Crippen LogP contribution in [0, 0.1) is 12.8 Å². The first-order valence-corrected chi connectivity index (χ1v) is 8.24. The highest BCUT2D eigenvalue weighted by Crippen LogP contribution is 2.35. The van der Waals surface area contributed by atoms with Gasteiger partial charge in [-0.1, -0.05) is 37.5 Å². The molecule has 3 rings (SSSR count). The van der Waals surface area contributed by atoms with Gasteiger partial charge in [-0.05, 0) is 50.3 Å². The van der Waals surface area contributed by atoms with E-state index < -0.39 is 0 Å². The normalized spacial score (nSPS) is 29.0. The fraction of sp³-hybridized carbons (Fsp3) is 0.667. The summed E-state index contributed by atoms with van der Waals surface area (Å²) in [4.78, 5) is 0. The second-order valence-electron chi connectivity index (χ2n) is 6.58. The van der Waals surface area contributed by atoms with Gasteiger partial charge in [0, 0.05) is 12.5 Å². The molecule has 0 radical (unpaired) electrons. The molecule has 1 aliphatic carbocycles. The highest BCUT2D eigenvalue weighted by Gasteiger charge is 2.28. The van der Waals surface area contributed by atoms with Crippen LogP contribution in [0.25, 0.3) is 0 Å². The van der Waals surface area contributed by atoms with E-state index in [0.717, 1.165) is 30.7 Å². The van der Waals surface area contributed by atoms with E-state index in [1.54, 1.807) is 0 Å². The number of ether oxygens (including phenoxy) is 1. The molecule has 1 saturated carbocycles. The minimum absolute atomic E-state index is 0.414. The maximum Gasteiger partial charge on any atom is 0.123 e. The van der Waals surface area contributed by atoms with Crippen molar-refractivity contribution in [3.63, 3.8) is 0 Å². The highest BCUT2D eigenvalue weighted by molar-refractivity contribution is 5.40. The van der Waals surface area contributed by atoms with Crippen molar-refractivity contribution in [3.05, 3.63) is 29.3 Å². The Labute approximate surface area is 122 Å². The van der Waals surface area contributed by atoms with Crippen LogP contribution >= 0.6 is 0 Å². The van der Waals surface area contributed by atoms with E-state index in [1.165, 1.54) is 43.2 Å². The Morgan fingerprint density at radius 3 is 3.05 bits per heavy atom. The minimum atomic E-state index is 0.414. The van der Waals surface area contributed by atoms with Gasteiger partial charge in [0.15, 0.2) is 0 Å². The molecule has 0 spiro atoms. The van der Waals surface area contributed by atoms with Gasteiger partial charge in [-0.3, -0.25) is 0 Å². The highest BCUT2D eigenvalue weighted by atomic mass is 16.5. The third-order valence-electron chi connectivity index (χ3n) is 4.83. The zero-order chi connectivity index (χ0) is 13.9. The van der Waals surface area contributed by atoms with Crippen LogP contribution in [0.3, 0.4) is 0 Å². The lowest BCUT2D eigenvalue weighted by atomic mass is 9.82. The van der Waals surface area contributed by atoms with Crippen LogP contribution in [0.1, 0.15) is 50.2 Å². The van der Waals surface area contributed by atoms with Gasteiger partial charge >= 0.3 is 0 Å². The minimum Gasteiger partial charge on any atom is -0.490 e. The van der Waals surface area contributed by atoms with Gasteiger partial charge in [-0.25, -0.2) is 0 Å². The second-order valence-corrected chi connectivity index (χ2v) is 6.58. The van der Waals surface area contributed by atoms with Gasteiger partial charge in [0.1, 0.15) is 11.9 Å². The summed E-state index contributed by atoms with van der Waals surface area (Å²) in [6, 6.07) is 7.33. The lowest BCUT2D eigenvalue weighted by Gasteiger charge is -2.31. The number of rotatable bonds is 4. The zero-order valence-electron chi connectivity index (χ0n) is 12.8. The van der Waals surface area contributed by atoms with Gasteiger partial charge in [0.2, 0.25) is 0 Å². The number of nitrogens with one attached hydrogen (secondary N) is 1. The SMILES string of the molecule is CCNC1CCCC(CC2Cc3cc(C)ccc3O2)C1. The molecular weight excluding hydrogens is 246 g/mol. The van der Waals surface area contributed by atoms with Crippen LogP contribution in [-0.4, -0.2) is 18.7 Å². The van der Waals surface area contributed by atoms with Gasteiger partial charge in [0.05, 0.1) is 0 Å². The van der Waals surface area contributed by atoms with Crippen LogP contribution in [-0.2, 0) is 6.42 Å². The summed E-state index contributed by atoms with van der Waals surface area (Å²) in [5.41, 5.74) is 2.76. The fourth-order valence-corrected chi connectivity index (χ4v) is 3.93. The number of hydrogen-bond donors (Lipinski definition) is 1. The van der Waals surface area contributed by atoms with E-state index in [-0.39, 0.29) is 0 Å². The summed E-state index contributed by atoms with van der Waals surface area (Å²) in [5, 5.41) is 3.62. The van der Waals surface area contributed by atoms with E-state index in [1.807, 2.05) is 0 Å². The molecule has 2 nitrogen and oxygen atoms in total. The summed E-state index contributed by atoms with van der Waals surface area (Å²) in [5.74, 6) is 1.97. The Morgan fingerprint density at radius 2 is 2.20 bits per heavy atom. The molecule has 0 bridgehead atoms. The summed E-state index contributed by atoms with van der Waals surface area (Å²) < 4.78 is 6.14. The number of fused-ring (bicyclic) bond motifs is 1. The van der Waals surface area contributed by atoms with Gasteiger partial charge in [-0.2, -0.15) is 0 Å². The van der Waals surface area contributed by atoms with Crippen molar-refractivity contribution in [2.24, 2.45) is 5.92 Å². The molecule has 110 valence electrons. The number of aryl methyl sites for hydroxylation is 1. The molecule has 1 heterocycles. The second kappa shape index (κ2) is 6.17. The van der Waals surface area contributed by atoms with Crippen LogP contribution in [0.4, 0.5) is 0 Å². The Hall–Kier alpha value is -1.02. The molecule has 0 amide bonds. The largest absolute Gasteiger partial charge is 0.490 e. The zero-order valence-corrected chi connectivity index (χ0v) is 12.8. The Kier molecular flexibility index (Phi) is 4.30. The van der Waals surface area contributed by atoms with Crippen molar-refractivity contribution in [2.75, 3.05) is 6.54 Å². The molecule has 0 aromatic heterocycles. The molecule has 1 aliphatic heterocycles. The maximum atomic E-state index is 6.14. The van der Waals surface area contributed by atoms with E-state index in [0.29, 0.717) is 6.10 Å². The van der Waals surface area contributed by atoms with Gasteiger partial charge in [0.25, 0.3) is 0 Å². The van der Waals surface area contributed by atoms with Crippen molar-refractivity contribution in [1.82, 2.24) is 5.32 Å². The van der Waals surface area contributed by atoms with Crippen molar-refractivity contribution in [2.45, 2.75) is 64.5 Å². The Morgan fingerprint density at radius 1 is 1.30 bits per heavy atom.